The normalized spacial score (nSPS) is 16.4. The minimum atomic E-state index is 0.0435. The van der Waals surface area contributed by atoms with Crippen molar-refractivity contribution in [3.63, 3.8) is 0 Å². The van der Waals surface area contributed by atoms with Gasteiger partial charge in [0.1, 0.15) is 12.1 Å². The summed E-state index contributed by atoms with van der Waals surface area (Å²) in [5, 5.41) is 6.85. The zero-order valence-corrected chi connectivity index (χ0v) is 10.3. The lowest BCUT2D eigenvalue weighted by Gasteiger charge is -2.23. The van der Waals surface area contributed by atoms with Crippen LogP contribution < -0.4 is 10.6 Å². The summed E-state index contributed by atoms with van der Waals surface area (Å²) in [6.45, 7) is 8.47. The first-order valence-electron chi connectivity index (χ1n) is 5.88. The van der Waals surface area contributed by atoms with E-state index in [4.69, 9.17) is 0 Å². The molecule has 0 radical (unpaired) electrons. The van der Waals surface area contributed by atoms with Crippen molar-refractivity contribution in [3.8, 4) is 0 Å². The largest absolute Gasteiger partial charge is 0.365 e. The van der Waals surface area contributed by atoms with Gasteiger partial charge in [-0.05, 0) is 33.7 Å². The second kappa shape index (κ2) is 4.37. The zero-order chi connectivity index (χ0) is 11.6. The molecular weight excluding hydrogens is 200 g/mol. The molecule has 1 aromatic rings. The van der Waals surface area contributed by atoms with Gasteiger partial charge in [0.05, 0.1) is 5.69 Å². The lowest BCUT2D eigenvalue weighted by molar-refractivity contribution is 0.627. The van der Waals surface area contributed by atoms with E-state index < -0.39 is 0 Å². The third-order valence-corrected chi connectivity index (χ3v) is 2.62. The van der Waals surface area contributed by atoms with Crippen molar-refractivity contribution < 1.29 is 0 Å². The summed E-state index contributed by atoms with van der Waals surface area (Å²) >= 11 is 0. The highest BCUT2D eigenvalue weighted by Gasteiger charge is 2.17. The molecule has 1 aromatic heterocycles. The van der Waals surface area contributed by atoms with Crippen molar-refractivity contribution in [2.45, 2.75) is 39.2 Å². The van der Waals surface area contributed by atoms with Crippen LogP contribution in [0.15, 0.2) is 6.33 Å². The van der Waals surface area contributed by atoms with Gasteiger partial charge >= 0.3 is 0 Å². The van der Waals surface area contributed by atoms with Gasteiger partial charge in [-0.3, -0.25) is 0 Å². The number of nitrogens with one attached hydrogen (secondary N) is 2. The summed E-state index contributed by atoms with van der Waals surface area (Å²) < 4.78 is 0. The third-order valence-electron chi connectivity index (χ3n) is 2.62. The van der Waals surface area contributed by atoms with E-state index in [-0.39, 0.29) is 5.54 Å². The van der Waals surface area contributed by atoms with Gasteiger partial charge in [0.25, 0.3) is 0 Å². The van der Waals surface area contributed by atoms with Gasteiger partial charge in [0, 0.05) is 24.1 Å². The molecule has 1 aliphatic rings. The number of fused-ring (bicyclic) bond motifs is 1. The molecule has 0 spiro atoms. The van der Waals surface area contributed by atoms with Crippen molar-refractivity contribution in [2.24, 2.45) is 0 Å². The summed E-state index contributed by atoms with van der Waals surface area (Å²) in [4.78, 5) is 8.75. The van der Waals surface area contributed by atoms with Crippen molar-refractivity contribution >= 4 is 5.82 Å². The number of hydrogen-bond donors (Lipinski definition) is 2. The molecule has 4 nitrogen and oxygen atoms in total. The van der Waals surface area contributed by atoms with Crippen LogP contribution in [-0.4, -0.2) is 28.6 Å². The van der Waals surface area contributed by atoms with Crippen LogP contribution in [0.3, 0.4) is 0 Å². The SMILES string of the molecule is CC(C)(C)Nc1ncnc2c1CCNCC2. The van der Waals surface area contributed by atoms with Crippen LogP contribution in [-0.2, 0) is 12.8 Å². The highest BCUT2D eigenvalue weighted by molar-refractivity contribution is 5.48. The van der Waals surface area contributed by atoms with E-state index in [0.717, 1.165) is 31.7 Å². The number of nitrogens with zero attached hydrogens (tertiary/aromatic N) is 2. The number of anilines is 1. The zero-order valence-electron chi connectivity index (χ0n) is 10.3. The van der Waals surface area contributed by atoms with Gasteiger partial charge in [-0.15, -0.1) is 0 Å². The van der Waals surface area contributed by atoms with Gasteiger partial charge in [0.15, 0.2) is 0 Å². The molecule has 0 unspecified atom stereocenters. The molecule has 4 heteroatoms. The molecule has 0 amide bonds. The Morgan fingerprint density at radius 2 is 1.94 bits per heavy atom. The monoisotopic (exact) mass is 220 g/mol. The molecule has 0 saturated heterocycles. The highest BCUT2D eigenvalue weighted by atomic mass is 15.1. The standard InChI is InChI=1S/C12H20N4/c1-12(2,3)16-11-9-4-6-13-7-5-10(9)14-8-15-11/h8,13H,4-7H2,1-3H3,(H,14,15,16). The van der Waals surface area contributed by atoms with E-state index in [0.29, 0.717) is 0 Å². The molecule has 2 N–H and O–H groups in total. The van der Waals surface area contributed by atoms with Crippen LogP contribution in [0.25, 0.3) is 0 Å². The van der Waals surface area contributed by atoms with Crippen molar-refractivity contribution in [1.82, 2.24) is 15.3 Å². The molecule has 0 aliphatic carbocycles. The lowest BCUT2D eigenvalue weighted by atomic mass is 10.1. The van der Waals surface area contributed by atoms with E-state index in [1.165, 1.54) is 11.3 Å². The average molecular weight is 220 g/mol. The maximum Gasteiger partial charge on any atom is 0.133 e. The fourth-order valence-electron chi connectivity index (χ4n) is 1.94. The Hall–Kier alpha value is -1.16. The van der Waals surface area contributed by atoms with Gasteiger partial charge in [-0.1, -0.05) is 0 Å². The molecule has 0 fully saturated rings. The smallest absolute Gasteiger partial charge is 0.133 e. The van der Waals surface area contributed by atoms with E-state index >= 15 is 0 Å². The van der Waals surface area contributed by atoms with Crippen LogP contribution >= 0.6 is 0 Å². The van der Waals surface area contributed by atoms with Gasteiger partial charge in [-0.2, -0.15) is 0 Å². The predicted octanol–water partition coefficient (Wildman–Crippen LogP) is 1.38. The van der Waals surface area contributed by atoms with Crippen LogP contribution in [0.4, 0.5) is 5.82 Å². The summed E-state index contributed by atoms with van der Waals surface area (Å²) in [6, 6.07) is 0. The average Bonchev–Trinajstić information content (AvgIpc) is 2.41. The highest BCUT2D eigenvalue weighted by Crippen LogP contribution is 2.21. The summed E-state index contributed by atoms with van der Waals surface area (Å²) in [6.07, 6.45) is 3.67. The van der Waals surface area contributed by atoms with E-state index in [1.807, 2.05) is 0 Å². The first kappa shape index (κ1) is 11.3. The van der Waals surface area contributed by atoms with Gasteiger partial charge in [-0.25, -0.2) is 9.97 Å². The molecule has 0 saturated carbocycles. The van der Waals surface area contributed by atoms with Crippen LogP contribution in [0, 0.1) is 0 Å². The first-order valence-corrected chi connectivity index (χ1v) is 5.88. The minimum Gasteiger partial charge on any atom is -0.365 e. The summed E-state index contributed by atoms with van der Waals surface area (Å²) in [7, 11) is 0. The molecule has 1 aliphatic heterocycles. The van der Waals surface area contributed by atoms with E-state index in [9.17, 15) is 0 Å². The van der Waals surface area contributed by atoms with Crippen molar-refractivity contribution in [2.75, 3.05) is 18.4 Å². The Kier molecular flexibility index (Phi) is 3.10. The predicted molar refractivity (Wildman–Crippen MR) is 65.7 cm³/mol. The Bertz CT molecular complexity index is 368. The second-order valence-corrected chi connectivity index (χ2v) is 5.27. The fraction of sp³-hybridized carbons (Fsp3) is 0.667. The van der Waals surface area contributed by atoms with Crippen LogP contribution in [0.5, 0.6) is 0 Å². The molecule has 16 heavy (non-hydrogen) atoms. The maximum atomic E-state index is 4.38. The Labute approximate surface area is 96.9 Å². The minimum absolute atomic E-state index is 0.0435. The summed E-state index contributed by atoms with van der Waals surface area (Å²) in [5.41, 5.74) is 2.51. The van der Waals surface area contributed by atoms with Crippen LogP contribution in [0.2, 0.25) is 0 Å². The Morgan fingerprint density at radius 1 is 1.19 bits per heavy atom. The molecule has 2 rings (SSSR count). The molecular formula is C12H20N4. The maximum absolute atomic E-state index is 4.38. The molecule has 2 heterocycles. The number of rotatable bonds is 1. The van der Waals surface area contributed by atoms with E-state index in [2.05, 4.69) is 41.4 Å². The van der Waals surface area contributed by atoms with Crippen molar-refractivity contribution in [1.29, 1.82) is 0 Å². The fourth-order valence-corrected chi connectivity index (χ4v) is 1.94. The Morgan fingerprint density at radius 3 is 2.69 bits per heavy atom. The topological polar surface area (TPSA) is 49.8 Å². The van der Waals surface area contributed by atoms with Gasteiger partial charge in [0.2, 0.25) is 0 Å². The summed E-state index contributed by atoms with van der Waals surface area (Å²) in [5.74, 6) is 1.00. The second-order valence-electron chi connectivity index (χ2n) is 5.27. The molecule has 88 valence electrons. The molecule has 0 atom stereocenters. The van der Waals surface area contributed by atoms with E-state index in [1.54, 1.807) is 6.33 Å². The molecule has 0 aromatic carbocycles. The van der Waals surface area contributed by atoms with Gasteiger partial charge < -0.3 is 10.6 Å². The van der Waals surface area contributed by atoms with Crippen LogP contribution in [0.1, 0.15) is 32.0 Å². The molecule has 0 bridgehead atoms. The number of hydrogen-bond acceptors (Lipinski definition) is 4. The quantitative estimate of drug-likeness (QED) is 0.750. The van der Waals surface area contributed by atoms with Crippen molar-refractivity contribution in [3.05, 3.63) is 17.6 Å². The third kappa shape index (κ3) is 2.70. The first-order chi connectivity index (χ1) is 7.56. The number of aromatic nitrogens is 2. The lowest BCUT2D eigenvalue weighted by Crippen LogP contribution is -2.28. The Balaban J connectivity index is 2.31.